The average molecular weight is 945 g/mol. The Morgan fingerprint density at radius 3 is 1.58 bits per heavy atom. The van der Waals surface area contributed by atoms with Crippen LogP contribution in [-0.4, -0.2) is 106 Å². The summed E-state index contributed by atoms with van der Waals surface area (Å²) in [6.07, 6.45) is 16.5. The van der Waals surface area contributed by atoms with E-state index >= 15 is 0 Å². The molecule has 1 aliphatic heterocycles. The summed E-state index contributed by atoms with van der Waals surface area (Å²) in [4.78, 5) is 50.9. The van der Waals surface area contributed by atoms with Crippen LogP contribution in [0.5, 0.6) is 0 Å². The van der Waals surface area contributed by atoms with Crippen molar-refractivity contribution >= 4 is 87.2 Å². The van der Waals surface area contributed by atoms with Crippen molar-refractivity contribution in [2.45, 2.75) is 90.0 Å². The lowest BCUT2D eigenvalue weighted by molar-refractivity contribution is -0.134. The Labute approximate surface area is 377 Å². The van der Waals surface area contributed by atoms with E-state index in [1.165, 1.54) is 54.6 Å². The van der Waals surface area contributed by atoms with Crippen LogP contribution in [0.25, 0.3) is 0 Å². The fraction of sp³-hybridized carbons (Fsp3) is 0.512. The summed E-state index contributed by atoms with van der Waals surface area (Å²) in [5.74, 6) is -0.948. The summed E-state index contributed by atoms with van der Waals surface area (Å²) in [6.45, 7) is 3.96. The highest BCUT2D eigenvalue weighted by molar-refractivity contribution is 8.01. The monoisotopic (exact) mass is 944 g/mol. The number of amides is 2. The number of thioether (sulfide) groups is 1. The first-order valence-electron chi connectivity index (χ1n) is 20.9. The zero-order valence-corrected chi connectivity index (χ0v) is 39.4. The second kappa shape index (κ2) is 21.7. The lowest BCUT2D eigenvalue weighted by Crippen LogP contribution is -2.44. The Bertz CT molecular complexity index is 2350. The number of benzene rings is 2. The molecule has 3 heterocycles. The number of nitrogens with zero attached hydrogens (tertiary/aromatic N) is 4. The highest BCUT2D eigenvalue weighted by atomic mass is 32.2. The number of hydrogen-bond donors (Lipinski definition) is 3. The molecule has 336 valence electrons. The maximum atomic E-state index is 13.3. The fourth-order valence-corrected chi connectivity index (χ4v) is 12.0. The zero-order valence-electron chi connectivity index (χ0n) is 35.3. The van der Waals surface area contributed by atoms with E-state index in [0.717, 1.165) is 96.6 Å². The minimum atomic E-state index is -3.30. The molecule has 2 aromatic carbocycles. The molecule has 4 aromatic rings. The Morgan fingerprint density at radius 2 is 1.15 bits per heavy atom. The molecule has 2 aromatic heterocycles. The van der Waals surface area contributed by atoms with Crippen LogP contribution in [0.2, 0.25) is 0 Å². The van der Waals surface area contributed by atoms with Gasteiger partial charge >= 0.3 is 5.97 Å². The Balaban J connectivity index is 0.000000207. The molecule has 62 heavy (non-hydrogen) atoms. The number of aromatic nitrogens is 2. The van der Waals surface area contributed by atoms with Gasteiger partial charge in [0.1, 0.15) is 5.00 Å². The Morgan fingerprint density at radius 1 is 0.710 bits per heavy atom. The van der Waals surface area contributed by atoms with Crippen LogP contribution in [0.4, 0.5) is 15.3 Å². The molecular formula is C43H56N6O8S5. The number of rotatable bonds is 16. The fourth-order valence-electron chi connectivity index (χ4n) is 8.24. The van der Waals surface area contributed by atoms with Gasteiger partial charge in [0.15, 0.2) is 29.9 Å². The highest BCUT2D eigenvalue weighted by Gasteiger charge is 2.30. The van der Waals surface area contributed by atoms with Crippen molar-refractivity contribution in [1.29, 1.82) is 0 Å². The molecule has 14 nitrogen and oxygen atoms in total. The van der Waals surface area contributed by atoms with Crippen molar-refractivity contribution in [3.05, 3.63) is 72.1 Å². The molecule has 19 heteroatoms. The van der Waals surface area contributed by atoms with Gasteiger partial charge in [0, 0.05) is 38.7 Å². The van der Waals surface area contributed by atoms with E-state index in [-0.39, 0.29) is 33.3 Å². The van der Waals surface area contributed by atoms with E-state index < -0.39 is 31.6 Å². The van der Waals surface area contributed by atoms with Gasteiger partial charge in [-0.1, -0.05) is 98.3 Å². The topological polar surface area (TPSA) is 196 Å². The van der Waals surface area contributed by atoms with Crippen LogP contribution in [0.3, 0.4) is 0 Å². The molecular weight excluding hydrogens is 889 g/mol. The summed E-state index contributed by atoms with van der Waals surface area (Å²) in [5.41, 5.74) is 1.64. The van der Waals surface area contributed by atoms with Crippen LogP contribution in [-0.2, 0) is 34.1 Å². The number of carbonyl (C=O) groups is 3. The van der Waals surface area contributed by atoms with Crippen molar-refractivity contribution < 1.29 is 36.3 Å². The zero-order chi connectivity index (χ0) is 44.4. The summed E-state index contributed by atoms with van der Waals surface area (Å²) < 4.78 is 47.9. The first-order valence-corrected chi connectivity index (χ1v) is 27.3. The van der Waals surface area contributed by atoms with Crippen molar-refractivity contribution in [3.63, 3.8) is 0 Å². The van der Waals surface area contributed by atoms with E-state index in [2.05, 4.69) is 37.4 Å². The number of anilines is 3. The number of carbonyl (C=O) groups excluding carboxylic acids is 2. The third-order valence-electron chi connectivity index (χ3n) is 11.7. The van der Waals surface area contributed by atoms with Gasteiger partial charge in [0.2, 0.25) is 11.8 Å². The number of aliphatic carboxylic acids is 1. The SMILES string of the molecule is CN1CCN(c2cnc(NC(=O)C(CC3CCCC3)c3ccc(S(C)(=O)=O)cc3)s2)CC1.CS(=O)(=O)c1ccc(C(CC2CCCC2)C(=O)Nc2ncc(SCC(=O)O)s2)cc1. The van der Waals surface area contributed by atoms with Gasteiger partial charge in [-0.15, -0.1) is 11.8 Å². The lowest BCUT2D eigenvalue weighted by atomic mass is 9.87. The van der Waals surface area contributed by atoms with Crippen molar-refractivity contribution in [2.24, 2.45) is 11.8 Å². The van der Waals surface area contributed by atoms with E-state index in [4.69, 9.17) is 5.11 Å². The van der Waals surface area contributed by atoms with E-state index in [9.17, 15) is 31.2 Å². The standard InChI is InChI=1S/C23H32N4O3S2.C20H24N2O5S3/c1-26-11-13-27(14-12-26)21-16-24-23(31-21)25-22(28)20(15-17-5-3-4-6-17)18-7-9-19(10-8-18)32(2,29)30;1-30(26,27)15-8-6-14(7-9-15)16(10-13-4-2-3-5-13)19(25)22-20-21-11-18(29-20)28-12-17(23)24/h7-10,16-17,20H,3-6,11-15H2,1-2H3,(H,24,25,28);6-9,11,13,16H,2-5,10,12H2,1H3,(H,23,24)(H,21,22,25). The number of piperazine rings is 1. The molecule has 2 aliphatic carbocycles. The van der Waals surface area contributed by atoms with Crippen molar-refractivity contribution in [2.75, 3.05) is 67.0 Å². The summed E-state index contributed by atoms with van der Waals surface area (Å²) in [6, 6.07) is 13.3. The molecule has 0 bridgehead atoms. The normalized spacial score (nSPS) is 17.6. The second-order valence-electron chi connectivity index (χ2n) is 16.5. The molecule has 2 unspecified atom stereocenters. The minimum Gasteiger partial charge on any atom is -0.481 e. The van der Waals surface area contributed by atoms with Gasteiger partial charge in [-0.2, -0.15) is 0 Å². The number of carboxylic acid groups (broad SMARTS) is 1. The molecule has 1 saturated heterocycles. The van der Waals surface area contributed by atoms with Crippen LogP contribution in [0.1, 0.15) is 87.2 Å². The van der Waals surface area contributed by atoms with E-state index in [1.54, 1.807) is 54.7 Å². The summed E-state index contributed by atoms with van der Waals surface area (Å²) in [5, 5.41) is 16.8. The van der Waals surface area contributed by atoms with E-state index in [1.807, 2.05) is 6.20 Å². The highest BCUT2D eigenvalue weighted by Crippen LogP contribution is 2.38. The molecule has 0 spiro atoms. The Hall–Kier alpha value is -3.88. The van der Waals surface area contributed by atoms with Crippen LogP contribution < -0.4 is 15.5 Å². The molecule has 3 fully saturated rings. The molecule has 2 atom stereocenters. The largest absolute Gasteiger partial charge is 0.481 e. The first kappa shape index (κ1) is 47.6. The molecule has 3 N–H and O–H groups in total. The predicted octanol–water partition coefficient (Wildman–Crippen LogP) is 7.63. The minimum absolute atomic E-state index is 0.0629. The number of carboxylic acids is 1. The first-order chi connectivity index (χ1) is 29.5. The maximum Gasteiger partial charge on any atom is 0.313 e. The van der Waals surface area contributed by atoms with Gasteiger partial charge in [0.25, 0.3) is 0 Å². The Kier molecular flexibility index (Phi) is 16.6. The third kappa shape index (κ3) is 13.8. The average Bonchev–Trinajstić information content (AvgIpc) is 4.08. The molecule has 3 aliphatic rings. The third-order valence-corrected chi connectivity index (χ3v) is 17.1. The van der Waals surface area contributed by atoms with Crippen molar-refractivity contribution in [1.82, 2.24) is 14.9 Å². The van der Waals surface area contributed by atoms with Gasteiger partial charge in [-0.05, 0) is 67.1 Å². The quantitative estimate of drug-likeness (QED) is 0.0929. The number of thiazole rings is 2. The number of hydrogen-bond acceptors (Lipinski definition) is 14. The smallest absolute Gasteiger partial charge is 0.313 e. The number of nitrogens with one attached hydrogen (secondary N) is 2. The summed E-state index contributed by atoms with van der Waals surface area (Å²) >= 11 is 3.92. The molecule has 0 radical (unpaired) electrons. The second-order valence-corrected chi connectivity index (χ2v) is 23.8. The molecule has 2 amide bonds. The van der Waals surface area contributed by atoms with E-state index in [0.29, 0.717) is 28.5 Å². The molecule has 2 saturated carbocycles. The maximum absolute atomic E-state index is 13.3. The number of likely N-dealkylation sites (N-methyl/N-ethyl adjacent to an activating group) is 1. The number of sulfone groups is 2. The van der Waals surface area contributed by atoms with Crippen molar-refractivity contribution in [3.8, 4) is 0 Å². The van der Waals surface area contributed by atoms with Gasteiger partial charge in [0.05, 0.1) is 44.0 Å². The molecule has 7 rings (SSSR count). The van der Waals surface area contributed by atoms with Gasteiger partial charge in [-0.25, -0.2) is 26.8 Å². The predicted molar refractivity (Wildman–Crippen MR) is 247 cm³/mol. The summed E-state index contributed by atoms with van der Waals surface area (Å²) in [7, 11) is -4.44. The van der Waals surface area contributed by atoms with Crippen LogP contribution in [0, 0.1) is 11.8 Å². The van der Waals surface area contributed by atoms with Crippen LogP contribution >= 0.6 is 34.4 Å². The van der Waals surface area contributed by atoms with Crippen LogP contribution in [0.15, 0.2) is 74.9 Å². The van der Waals surface area contributed by atoms with Gasteiger partial charge < -0.3 is 25.5 Å². The van der Waals surface area contributed by atoms with Gasteiger partial charge in [-0.3, -0.25) is 14.4 Å². The lowest BCUT2D eigenvalue weighted by Gasteiger charge is -2.32.